The number of carboxylic acids is 1. The summed E-state index contributed by atoms with van der Waals surface area (Å²) in [7, 11) is 1.69. The van der Waals surface area contributed by atoms with E-state index in [1.54, 1.807) is 23.7 Å². The number of benzene rings is 1. The highest BCUT2D eigenvalue weighted by Gasteiger charge is 2.29. The van der Waals surface area contributed by atoms with Crippen LogP contribution in [0.3, 0.4) is 0 Å². The van der Waals surface area contributed by atoms with Crippen LogP contribution < -0.4 is 20.9 Å². The van der Waals surface area contributed by atoms with E-state index in [2.05, 4.69) is 22.5 Å². The van der Waals surface area contributed by atoms with Crippen molar-refractivity contribution in [1.82, 2.24) is 9.55 Å². The van der Waals surface area contributed by atoms with Gasteiger partial charge in [-0.3, -0.25) is 9.36 Å². The van der Waals surface area contributed by atoms with Crippen LogP contribution in [-0.4, -0.2) is 45.5 Å². The van der Waals surface area contributed by atoms with E-state index in [1.807, 2.05) is 26.0 Å². The highest BCUT2D eigenvalue weighted by Crippen LogP contribution is 2.21. The van der Waals surface area contributed by atoms with Crippen molar-refractivity contribution in [3.05, 3.63) is 46.1 Å². The minimum absolute atomic E-state index is 0.123. The minimum atomic E-state index is -1.31. The van der Waals surface area contributed by atoms with Gasteiger partial charge in [0, 0.05) is 32.2 Å². The molecule has 0 aliphatic carbocycles. The zero-order chi connectivity index (χ0) is 25.5. The molecule has 0 amide bonds. The number of anilines is 2. The Balaban J connectivity index is 2.11. The fourth-order valence-electron chi connectivity index (χ4n) is 3.52. The Labute approximate surface area is 201 Å². The number of nitrogens with zero attached hydrogens (tertiary/aromatic N) is 2. The van der Waals surface area contributed by atoms with E-state index in [1.165, 1.54) is 13.8 Å². The van der Waals surface area contributed by atoms with Gasteiger partial charge in [-0.2, -0.15) is 0 Å². The van der Waals surface area contributed by atoms with E-state index in [0.29, 0.717) is 54.6 Å². The number of carboxylic acid groups (broad SMARTS) is 1. The van der Waals surface area contributed by atoms with Gasteiger partial charge < -0.3 is 25.9 Å². The maximum Gasteiger partial charge on any atom is 0.347 e. The summed E-state index contributed by atoms with van der Waals surface area (Å²) in [6, 6.07) is 7.12. The number of hydrogen-bond acceptors (Lipinski definition) is 7. The van der Waals surface area contributed by atoms with Crippen LogP contribution in [-0.2, 0) is 17.8 Å². The maximum atomic E-state index is 13.2. The number of hydrogen-bond donors (Lipinski definition) is 4. The summed E-state index contributed by atoms with van der Waals surface area (Å²) in [4.78, 5) is 29.1. The second-order valence-electron chi connectivity index (χ2n) is 8.93. The summed E-state index contributed by atoms with van der Waals surface area (Å²) in [6.07, 6.45) is 1.99. The highest BCUT2D eigenvalue weighted by molar-refractivity contribution is 6.00. The van der Waals surface area contributed by atoms with Crippen LogP contribution in [0.2, 0.25) is 0 Å². The standard InChI is InChI=1S/C25H37N5O4/c1-7-9-19(26)21-22(27-6)23(31)30(20(8-2)29-21)15-16(3)14-28-17-10-12-18(13-11-17)34-25(4,5)24(32)33/h10-13,16,26-28H,7-9,14-15H2,1-6H3,(H,32,33). The van der Waals surface area contributed by atoms with Gasteiger partial charge in [0.25, 0.3) is 5.56 Å². The van der Waals surface area contributed by atoms with E-state index in [-0.39, 0.29) is 11.5 Å². The van der Waals surface area contributed by atoms with Gasteiger partial charge in [0.2, 0.25) is 0 Å². The summed E-state index contributed by atoms with van der Waals surface area (Å²) in [5.74, 6) is 0.243. The predicted molar refractivity (Wildman–Crippen MR) is 136 cm³/mol. The number of aliphatic carboxylic acids is 1. The molecule has 2 rings (SSSR count). The van der Waals surface area contributed by atoms with Crippen molar-refractivity contribution in [1.29, 1.82) is 5.41 Å². The average molecular weight is 472 g/mol. The molecule has 0 radical (unpaired) electrons. The Morgan fingerprint density at radius 2 is 1.91 bits per heavy atom. The number of rotatable bonds is 13. The molecule has 34 heavy (non-hydrogen) atoms. The predicted octanol–water partition coefficient (Wildman–Crippen LogP) is 4.01. The molecule has 186 valence electrons. The van der Waals surface area contributed by atoms with Crippen LogP contribution in [0.15, 0.2) is 29.1 Å². The van der Waals surface area contributed by atoms with Crippen molar-refractivity contribution < 1.29 is 14.6 Å². The third kappa shape index (κ3) is 6.59. The Morgan fingerprint density at radius 1 is 1.26 bits per heavy atom. The van der Waals surface area contributed by atoms with Gasteiger partial charge in [-0.1, -0.05) is 27.2 Å². The Bertz CT molecular complexity index is 1060. The molecule has 1 heterocycles. The van der Waals surface area contributed by atoms with Gasteiger partial charge in [0.15, 0.2) is 5.60 Å². The summed E-state index contributed by atoms with van der Waals surface area (Å²) < 4.78 is 7.23. The molecule has 0 aliphatic rings. The zero-order valence-electron chi connectivity index (χ0n) is 21.0. The van der Waals surface area contributed by atoms with E-state index in [9.17, 15) is 14.7 Å². The molecule has 1 aromatic carbocycles. The van der Waals surface area contributed by atoms with Crippen LogP contribution in [0.25, 0.3) is 0 Å². The second-order valence-corrected chi connectivity index (χ2v) is 8.93. The van der Waals surface area contributed by atoms with Gasteiger partial charge in [0.05, 0.1) is 5.71 Å². The van der Waals surface area contributed by atoms with Gasteiger partial charge in [0.1, 0.15) is 23.0 Å². The molecule has 0 saturated heterocycles. The van der Waals surface area contributed by atoms with Crippen LogP contribution >= 0.6 is 0 Å². The lowest BCUT2D eigenvalue weighted by molar-refractivity contribution is -0.152. The lowest BCUT2D eigenvalue weighted by Gasteiger charge is -2.22. The van der Waals surface area contributed by atoms with Gasteiger partial charge in [-0.25, -0.2) is 9.78 Å². The first-order valence-corrected chi connectivity index (χ1v) is 11.7. The Hall–Kier alpha value is -3.36. The van der Waals surface area contributed by atoms with Crippen LogP contribution in [0.4, 0.5) is 11.4 Å². The van der Waals surface area contributed by atoms with Crippen molar-refractivity contribution in [2.45, 2.75) is 66.0 Å². The quantitative estimate of drug-likeness (QED) is 0.325. The Morgan fingerprint density at radius 3 is 2.44 bits per heavy atom. The van der Waals surface area contributed by atoms with Crippen LogP contribution in [0.1, 0.15) is 59.0 Å². The van der Waals surface area contributed by atoms with Crippen molar-refractivity contribution in [3.8, 4) is 5.75 Å². The molecule has 9 nitrogen and oxygen atoms in total. The molecule has 0 saturated carbocycles. The number of ether oxygens (including phenoxy) is 1. The third-order valence-corrected chi connectivity index (χ3v) is 5.49. The van der Waals surface area contributed by atoms with Crippen molar-refractivity contribution in [2.75, 3.05) is 24.2 Å². The van der Waals surface area contributed by atoms with Crippen LogP contribution in [0.5, 0.6) is 5.75 Å². The van der Waals surface area contributed by atoms with Crippen LogP contribution in [0, 0.1) is 11.3 Å². The van der Waals surface area contributed by atoms with E-state index >= 15 is 0 Å². The van der Waals surface area contributed by atoms with Crippen molar-refractivity contribution in [3.63, 3.8) is 0 Å². The monoisotopic (exact) mass is 471 g/mol. The summed E-state index contributed by atoms with van der Waals surface area (Å²) in [5, 5.41) is 23.8. The molecule has 0 aliphatic heterocycles. The number of nitrogens with one attached hydrogen (secondary N) is 3. The summed E-state index contributed by atoms with van der Waals surface area (Å²) >= 11 is 0. The van der Waals surface area contributed by atoms with E-state index in [0.717, 1.165) is 12.1 Å². The van der Waals surface area contributed by atoms with E-state index in [4.69, 9.17) is 10.1 Å². The summed E-state index contributed by atoms with van der Waals surface area (Å²) in [6.45, 7) is 10.1. The molecule has 0 bridgehead atoms. The Kier molecular flexibility index (Phi) is 9.23. The maximum absolute atomic E-state index is 13.2. The van der Waals surface area contributed by atoms with Crippen molar-refractivity contribution in [2.24, 2.45) is 5.92 Å². The average Bonchev–Trinajstić information content (AvgIpc) is 2.79. The van der Waals surface area contributed by atoms with E-state index < -0.39 is 11.6 Å². The molecule has 9 heteroatoms. The zero-order valence-corrected chi connectivity index (χ0v) is 21.0. The lowest BCUT2D eigenvalue weighted by Crippen LogP contribution is -2.37. The molecule has 1 atom stereocenters. The van der Waals surface area contributed by atoms with Crippen molar-refractivity contribution >= 4 is 23.1 Å². The SMILES string of the molecule is CCCC(=N)c1nc(CC)n(CC(C)CNc2ccc(OC(C)(C)C(=O)O)cc2)c(=O)c1NC. The number of aryl methyl sites for hydroxylation is 1. The third-order valence-electron chi connectivity index (χ3n) is 5.49. The lowest BCUT2D eigenvalue weighted by atomic mass is 10.1. The number of carbonyl (C=O) groups is 1. The first kappa shape index (κ1) is 26.9. The number of aromatic nitrogens is 2. The molecule has 0 fully saturated rings. The summed E-state index contributed by atoms with van der Waals surface area (Å²) in [5.41, 5.74) is 0.600. The van der Waals surface area contributed by atoms with Gasteiger partial charge in [-0.05, 0) is 50.5 Å². The highest BCUT2D eigenvalue weighted by atomic mass is 16.5. The normalized spacial score (nSPS) is 12.2. The molecular weight excluding hydrogens is 434 g/mol. The van der Waals surface area contributed by atoms with Gasteiger partial charge in [-0.15, -0.1) is 0 Å². The first-order valence-electron chi connectivity index (χ1n) is 11.7. The molecular formula is C25H37N5O4. The smallest absolute Gasteiger partial charge is 0.347 e. The van der Waals surface area contributed by atoms with Gasteiger partial charge >= 0.3 is 5.97 Å². The second kappa shape index (κ2) is 11.7. The molecule has 1 unspecified atom stereocenters. The molecule has 4 N–H and O–H groups in total. The molecule has 0 spiro atoms. The largest absolute Gasteiger partial charge is 0.478 e. The fraction of sp³-hybridized carbons (Fsp3) is 0.520. The minimum Gasteiger partial charge on any atom is -0.478 e. The molecule has 1 aromatic heterocycles. The fourth-order valence-corrected chi connectivity index (χ4v) is 3.52. The molecule has 2 aromatic rings. The topological polar surface area (TPSA) is 129 Å². The first-order chi connectivity index (χ1) is 16.0.